The number of carbonyl (C=O) groups is 2. The van der Waals surface area contributed by atoms with E-state index >= 15 is 0 Å². The Bertz CT molecular complexity index is 1210. The quantitative estimate of drug-likeness (QED) is 0.179. The van der Waals surface area contributed by atoms with Gasteiger partial charge in [0.25, 0.3) is 0 Å². The molecule has 0 aliphatic heterocycles. The monoisotopic (exact) mass is 681 g/mol. The lowest BCUT2D eigenvalue weighted by Gasteiger charge is -2.42. The molecule has 43 heavy (non-hydrogen) atoms. The summed E-state index contributed by atoms with van der Waals surface area (Å²) in [7, 11) is 0. The Hall–Kier alpha value is -2.48. The zero-order valence-corrected chi connectivity index (χ0v) is 22.2. The first-order chi connectivity index (χ1) is 19.2. The molecular weight excluding hydrogens is 662 g/mol. The zero-order chi connectivity index (χ0) is 33.8. The molecule has 1 heterocycles. The standard InChI is InChI=1S/C22H19F16NO3S/c1-3-8-5-6-9-10(7-8)43-12(11(9)13(40)42-4-2)39-15(41)17(27,28)19(31,32)21(35,36)22(37,38)20(33,34)18(29,30)16(25,26)14(23)24/h8,14H,3-7H2,1-2H3,(H,39,41). The number of esters is 1. The first kappa shape index (κ1) is 36.7. The Labute approximate surface area is 234 Å². The number of ether oxygens (including phenoxy) is 1. The van der Waals surface area contributed by atoms with Crippen molar-refractivity contribution in [3.63, 3.8) is 0 Å². The maximum atomic E-state index is 14.4. The second kappa shape index (κ2) is 11.5. The lowest BCUT2D eigenvalue weighted by molar-refractivity contribution is -0.443. The molecular formula is C22H19F16NO3S. The number of rotatable bonds is 12. The molecule has 1 unspecified atom stereocenters. The van der Waals surface area contributed by atoms with E-state index in [0.29, 0.717) is 24.2 Å². The molecule has 1 aliphatic rings. The molecule has 0 fully saturated rings. The molecule has 0 spiro atoms. The van der Waals surface area contributed by atoms with Gasteiger partial charge in [-0.15, -0.1) is 11.3 Å². The molecule has 0 saturated heterocycles. The molecule has 0 aromatic carbocycles. The third-order valence-electron chi connectivity index (χ3n) is 6.60. The summed E-state index contributed by atoms with van der Waals surface area (Å²) in [6.07, 6.45) is -4.84. The number of carbonyl (C=O) groups excluding carboxylic acids is 2. The largest absolute Gasteiger partial charge is 0.462 e. The van der Waals surface area contributed by atoms with E-state index in [9.17, 15) is 79.8 Å². The number of hydrogen-bond acceptors (Lipinski definition) is 4. The van der Waals surface area contributed by atoms with Gasteiger partial charge in [0, 0.05) is 4.88 Å². The Morgan fingerprint density at radius 1 is 0.837 bits per heavy atom. The highest BCUT2D eigenvalue weighted by molar-refractivity contribution is 7.17. The minimum Gasteiger partial charge on any atom is -0.462 e. The minimum atomic E-state index is -8.62. The van der Waals surface area contributed by atoms with Crippen molar-refractivity contribution in [2.24, 2.45) is 5.92 Å². The van der Waals surface area contributed by atoms with Crippen LogP contribution in [-0.2, 0) is 22.4 Å². The molecule has 248 valence electrons. The van der Waals surface area contributed by atoms with Gasteiger partial charge in [-0.25, -0.2) is 13.6 Å². The number of nitrogens with one attached hydrogen (secondary N) is 1. The van der Waals surface area contributed by atoms with Gasteiger partial charge in [0.05, 0.1) is 12.2 Å². The highest BCUT2D eigenvalue weighted by Gasteiger charge is 2.94. The number of anilines is 1. The molecule has 1 amide bonds. The van der Waals surface area contributed by atoms with Gasteiger partial charge in [0.2, 0.25) is 0 Å². The van der Waals surface area contributed by atoms with Crippen LogP contribution < -0.4 is 5.32 Å². The van der Waals surface area contributed by atoms with Crippen LogP contribution in [-0.4, -0.2) is 66.4 Å². The Kier molecular flexibility index (Phi) is 9.79. The SMILES string of the molecule is CCOC(=O)c1c(NC(=O)C(F)(F)C(F)(F)C(F)(F)C(F)(F)C(F)(F)C(F)(F)C(F)(F)C(F)F)sc2c1CCC(CC)C2. The van der Waals surface area contributed by atoms with E-state index in [1.165, 1.54) is 6.92 Å². The van der Waals surface area contributed by atoms with E-state index in [1.54, 1.807) is 6.92 Å². The smallest absolute Gasteiger partial charge is 0.393 e. The van der Waals surface area contributed by atoms with Crippen LogP contribution in [0.4, 0.5) is 75.2 Å². The molecule has 2 rings (SSSR count). The summed E-state index contributed by atoms with van der Waals surface area (Å²) in [4.78, 5) is 24.7. The van der Waals surface area contributed by atoms with Crippen molar-refractivity contribution in [1.29, 1.82) is 0 Å². The summed E-state index contributed by atoms with van der Waals surface area (Å²) in [5.41, 5.74) is -0.640. The van der Waals surface area contributed by atoms with Crippen LogP contribution >= 0.6 is 11.3 Å². The lowest BCUT2D eigenvalue weighted by Crippen LogP contribution is -2.74. The predicted molar refractivity (Wildman–Crippen MR) is 115 cm³/mol. The minimum absolute atomic E-state index is 0.0394. The van der Waals surface area contributed by atoms with Crippen molar-refractivity contribution in [2.45, 2.75) is 87.4 Å². The average Bonchev–Trinajstić information content (AvgIpc) is 3.24. The molecule has 1 aromatic heterocycles. The van der Waals surface area contributed by atoms with Gasteiger partial charge in [0.1, 0.15) is 5.00 Å². The van der Waals surface area contributed by atoms with Crippen molar-refractivity contribution in [2.75, 3.05) is 11.9 Å². The van der Waals surface area contributed by atoms with E-state index in [2.05, 4.69) is 4.74 Å². The molecule has 1 aliphatic carbocycles. The van der Waals surface area contributed by atoms with Gasteiger partial charge in [-0.2, -0.15) is 61.5 Å². The summed E-state index contributed by atoms with van der Waals surface area (Å²) in [6.45, 7) is 2.63. The second-order valence-electron chi connectivity index (χ2n) is 9.27. The van der Waals surface area contributed by atoms with Crippen LogP contribution in [0.3, 0.4) is 0 Å². The molecule has 1 aromatic rings. The summed E-state index contributed by atoms with van der Waals surface area (Å²) in [5.74, 6) is -61.8. The summed E-state index contributed by atoms with van der Waals surface area (Å²) in [6, 6.07) is 0. The number of alkyl halides is 16. The normalized spacial score (nSPS) is 17.6. The molecule has 1 atom stereocenters. The van der Waals surface area contributed by atoms with Crippen molar-refractivity contribution >= 4 is 28.2 Å². The predicted octanol–water partition coefficient (Wildman–Crippen LogP) is 8.09. The fourth-order valence-electron chi connectivity index (χ4n) is 3.97. The summed E-state index contributed by atoms with van der Waals surface area (Å²) < 4.78 is 222. The molecule has 0 saturated carbocycles. The van der Waals surface area contributed by atoms with Gasteiger partial charge < -0.3 is 10.1 Å². The van der Waals surface area contributed by atoms with Gasteiger partial charge >= 0.3 is 59.8 Å². The number of fused-ring (bicyclic) bond motifs is 1. The van der Waals surface area contributed by atoms with Crippen LogP contribution in [0.2, 0.25) is 0 Å². The molecule has 1 N–H and O–H groups in total. The average molecular weight is 681 g/mol. The van der Waals surface area contributed by atoms with E-state index in [0.717, 1.165) is 5.32 Å². The van der Waals surface area contributed by atoms with Crippen molar-refractivity contribution in [1.82, 2.24) is 0 Å². The fraction of sp³-hybridized carbons (Fsp3) is 0.727. The van der Waals surface area contributed by atoms with E-state index in [4.69, 9.17) is 0 Å². The topological polar surface area (TPSA) is 55.4 Å². The molecule has 21 heteroatoms. The van der Waals surface area contributed by atoms with Gasteiger partial charge in [-0.3, -0.25) is 4.79 Å². The molecule has 4 nitrogen and oxygen atoms in total. The number of hydrogen-bond donors (Lipinski definition) is 1. The molecule has 0 radical (unpaired) electrons. The Morgan fingerprint density at radius 2 is 1.33 bits per heavy atom. The zero-order valence-electron chi connectivity index (χ0n) is 21.4. The second-order valence-corrected chi connectivity index (χ2v) is 10.4. The van der Waals surface area contributed by atoms with E-state index in [1.807, 2.05) is 0 Å². The lowest BCUT2D eigenvalue weighted by atomic mass is 9.85. The first-order valence-electron chi connectivity index (χ1n) is 11.8. The third kappa shape index (κ3) is 5.40. The van der Waals surface area contributed by atoms with Gasteiger partial charge in [0.15, 0.2) is 0 Å². The summed E-state index contributed by atoms with van der Waals surface area (Å²) >= 11 is 0.296. The Morgan fingerprint density at radius 3 is 1.79 bits per heavy atom. The first-order valence-corrected chi connectivity index (χ1v) is 12.6. The van der Waals surface area contributed by atoms with Crippen LogP contribution in [0.25, 0.3) is 0 Å². The van der Waals surface area contributed by atoms with Crippen LogP contribution in [0.5, 0.6) is 0 Å². The number of amides is 1. The van der Waals surface area contributed by atoms with Crippen molar-refractivity contribution < 1.29 is 84.6 Å². The van der Waals surface area contributed by atoms with Crippen LogP contribution in [0.15, 0.2) is 0 Å². The van der Waals surface area contributed by atoms with E-state index in [-0.39, 0.29) is 35.8 Å². The van der Waals surface area contributed by atoms with Crippen LogP contribution in [0, 0.1) is 5.92 Å². The van der Waals surface area contributed by atoms with Gasteiger partial charge in [-0.05, 0) is 37.7 Å². The Balaban J connectivity index is 2.58. The number of thiophene rings is 1. The van der Waals surface area contributed by atoms with Crippen LogP contribution in [0.1, 0.15) is 47.5 Å². The summed E-state index contributed by atoms with van der Waals surface area (Å²) in [5, 5.41) is -0.104. The van der Waals surface area contributed by atoms with Gasteiger partial charge in [-0.1, -0.05) is 13.3 Å². The van der Waals surface area contributed by atoms with E-state index < -0.39 is 70.3 Å². The molecule has 0 bridgehead atoms. The van der Waals surface area contributed by atoms with Crippen molar-refractivity contribution in [3.8, 4) is 0 Å². The third-order valence-corrected chi connectivity index (χ3v) is 7.77. The highest BCUT2D eigenvalue weighted by atomic mass is 32.1. The number of halogens is 16. The maximum absolute atomic E-state index is 14.4. The highest BCUT2D eigenvalue weighted by Crippen LogP contribution is 2.63. The fourth-order valence-corrected chi connectivity index (χ4v) is 5.31. The van der Waals surface area contributed by atoms with Crippen molar-refractivity contribution in [3.05, 3.63) is 16.0 Å². The maximum Gasteiger partial charge on any atom is 0.393 e.